The molecule has 0 aliphatic heterocycles. The predicted octanol–water partition coefficient (Wildman–Crippen LogP) is 2.96. The van der Waals surface area contributed by atoms with Crippen molar-refractivity contribution in [1.29, 1.82) is 0 Å². The second-order valence-electron chi connectivity index (χ2n) is 8.15. The molecule has 0 saturated carbocycles. The second kappa shape index (κ2) is 9.74. The number of aromatic amines is 1. The summed E-state index contributed by atoms with van der Waals surface area (Å²) in [5, 5.41) is 13.0. The molecule has 0 spiro atoms. The molecule has 0 aliphatic carbocycles. The van der Waals surface area contributed by atoms with Crippen LogP contribution in [0.25, 0.3) is 21.3 Å². The van der Waals surface area contributed by atoms with E-state index in [1.54, 1.807) is 14.0 Å². The first-order valence-corrected chi connectivity index (χ1v) is 11.0. The highest BCUT2D eigenvalue weighted by Crippen LogP contribution is 2.32. The van der Waals surface area contributed by atoms with Gasteiger partial charge in [0.1, 0.15) is 16.4 Å². The number of nitrogens with zero attached hydrogens (tertiary/aromatic N) is 3. The third-order valence-electron chi connectivity index (χ3n) is 5.09. The van der Waals surface area contributed by atoms with Crippen LogP contribution in [0.1, 0.15) is 12.7 Å². The summed E-state index contributed by atoms with van der Waals surface area (Å²) in [6.07, 6.45) is 1.54. The molecule has 2 heterocycles. The molecule has 2 aromatic heterocycles. The lowest BCUT2D eigenvalue weighted by atomic mass is 10.1. The molecule has 8 heteroatoms. The second-order valence-corrected chi connectivity index (χ2v) is 9.01. The molecule has 0 aliphatic rings. The Kier molecular flexibility index (Phi) is 7.27. The van der Waals surface area contributed by atoms with Crippen molar-refractivity contribution in [2.75, 3.05) is 40.8 Å². The van der Waals surface area contributed by atoms with Crippen LogP contribution in [-0.2, 0) is 6.54 Å². The molecule has 166 valence electrons. The summed E-state index contributed by atoms with van der Waals surface area (Å²) < 4.78 is 5.31. The summed E-state index contributed by atoms with van der Waals surface area (Å²) in [4.78, 5) is 25.5. The first kappa shape index (κ1) is 23.1. The van der Waals surface area contributed by atoms with Gasteiger partial charge in [-0.2, -0.15) is 0 Å². The van der Waals surface area contributed by atoms with Crippen LogP contribution in [0.5, 0.6) is 5.75 Å². The van der Waals surface area contributed by atoms with Crippen molar-refractivity contribution in [3.63, 3.8) is 0 Å². The van der Waals surface area contributed by atoms with Gasteiger partial charge in [-0.1, -0.05) is 18.2 Å². The Labute approximate surface area is 186 Å². The zero-order chi connectivity index (χ0) is 22.6. The topological polar surface area (TPSA) is 81.7 Å². The van der Waals surface area contributed by atoms with Gasteiger partial charge in [0.05, 0.1) is 24.6 Å². The number of rotatable bonds is 10. The Hall–Kier alpha value is -2.52. The van der Waals surface area contributed by atoms with Gasteiger partial charge in [0.25, 0.3) is 5.56 Å². The Morgan fingerprint density at radius 2 is 2.13 bits per heavy atom. The number of fused-ring (bicyclic) bond motifs is 1. The van der Waals surface area contributed by atoms with E-state index >= 15 is 0 Å². The summed E-state index contributed by atoms with van der Waals surface area (Å²) in [5.41, 5.74) is 0.569. The van der Waals surface area contributed by atoms with Crippen molar-refractivity contribution in [1.82, 2.24) is 19.8 Å². The summed E-state index contributed by atoms with van der Waals surface area (Å²) in [5.74, 6) is 1.32. The Morgan fingerprint density at radius 3 is 2.81 bits per heavy atom. The van der Waals surface area contributed by atoms with E-state index in [0.29, 0.717) is 29.1 Å². The highest BCUT2D eigenvalue weighted by molar-refractivity contribution is 7.17. The lowest BCUT2D eigenvalue weighted by Crippen LogP contribution is -2.42. The quantitative estimate of drug-likeness (QED) is 0.470. The smallest absolute Gasteiger partial charge is 0.260 e. The lowest BCUT2D eigenvalue weighted by molar-refractivity contribution is 0.0552. The minimum atomic E-state index is -1.03. The van der Waals surface area contributed by atoms with E-state index in [9.17, 15) is 9.90 Å². The fraction of sp³-hybridized carbons (Fsp3) is 0.391. The fourth-order valence-corrected chi connectivity index (χ4v) is 4.32. The molecule has 0 amide bonds. The molecule has 0 bridgehead atoms. The van der Waals surface area contributed by atoms with Crippen LogP contribution in [0.2, 0.25) is 0 Å². The van der Waals surface area contributed by atoms with Crippen molar-refractivity contribution in [3.05, 3.63) is 58.5 Å². The fourth-order valence-electron chi connectivity index (χ4n) is 3.36. The maximum atomic E-state index is 13.0. The highest BCUT2D eigenvalue weighted by Gasteiger charge is 2.22. The van der Waals surface area contributed by atoms with Gasteiger partial charge in [-0.3, -0.25) is 9.69 Å². The van der Waals surface area contributed by atoms with E-state index in [1.165, 1.54) is 17.4 Å². The summed E-state index contributed by atoms with van der Waals surface area (Å²) in [6.45, 7) is 7.80. The predicted molar refractivity (Wildman–Crippen MR) is 127 cm³/mol. The van der Waals surface area contributed by atoms with Gasteiger partial charge in [-0.25, -0.2) is 4.98 Å². The molecule has 7 nitrogen and oxygen atoms in total. The molecule has 2 N–H and O–H groups in total. The van der Waals surface area contributed by atoms with E-state index < -0.39 is 5.60 Å². The largest absolute Gasteiger partial charge is 0.497 e. The number of aliphatic hydroxyl groups is 1. The Balaban J connectivity index is 1.92. The Bertz CT molecular complexity index is 1100. The van der Waals surface area contributed by atoms with Gasteiger partial charge in [0.15, 0.2) is 0 Å². The SMILES string of the molecule is C=CC(C)(O)CN(CCN(C)C)Cc1nc2scc(-c3cccc(OC)c3)c2c(=O)[nH]1. The molecule has 0 fully saturated rings. The van der Waals surface area contributed by atoms with Crippen molar-refractivity contribution >= 4 is 21.6 Å². The van der Waals surface area contributed by atoms with Crippen molar-refractivity contribution in [3.8, 4) is 16.9 Å². The number of ether oxygens (including phenoxy) is 1. The van der Waals surface area contributed by atoms with Crippen LogP contribution in [0.4, 0.5) is 0 Å². The molecule has 1 atom stereocenters. The minimum absolute atomic E-state index is 0.165. The van der Waals surface area contributed by atoms with E-state index in [4.69, 9.17) is 9.72 Å². The molecule has 3 aromatic rings. The van der Waals surface area contributed by atoms with Gasteiger partial charge in [0.2, 0.25) is 0 Å². The van der Waals surface area contributed by atoms with Crippen molar-refractivity contribution in [2.24, 2.45) is 0 Å². The van der Waals surface area contributed by atoms with E-state index in [0.717, 1.165) is 30.0 Å². The zero-order valence-corrected chi connectivity index (χ0v) is 19.3. The lowest BCUT2D eigenvalue weighted by Gasteiger charge is -2.30. The van der Waals surface area contributed by atoms with Crippen LogP contribution < -0.4 is 10.3 Å². The molecule has 0 radical (unpaired) electrons. The average molecular weight is 443 g/mol. The van der Waals surface area contributed by atoms with Crippen LogP contribution in [0.3, 0.4) is 0 Å². The van der Waals surface area contributed by atoms with E-state index in [2.05, 4.69) is 21.4 Å². The minimum Gasteiger partial charge on any atom is -0.497 e. The zero-order valence-electron chi connectivity index (χ0n) is 18.5. The first-order chi connectivity index (χ1) is 14.7. The van der Waals surface area contributed by atoms with Gasteiger partial charge in [0, 0.05) is 30.6 Å². The molecule has 1 aromatic carbocycles. The van der Waals surface area contributed by atoms with Crippen molar-refractivity contribution in [2.45, 2.75) is 19.1 Å². The molecule has 1 unspecified atom stereocenters. The van der Waals surface area contributed by atoms with Gasteiger partial charge < -0.3 is 19.7 Å². The molecule has 3 rings (SSSR count). The standard InChI is InChI=1S/C23H30N4O3S/c1-6-23(2,29)15-27(11-10-26(3)4)13-19-24-21(28)20-18(14-31-22(20)25-19)16-8-7-9-17(12-16)30-5/h6-9,12,14,29H,1,10-11,13,15H2,2-5H3,(H,24,25,28). The van der Waals surface area contributed by atoms with Crippen LogP contribution in [-0.4, -0.2) is 71.3 Å². The summed E-state index contributed by atoms with van der Waals surface area (Å²) >= 11 is 1.45. The number of likely N-dealkylation sites (N-methyl/N-ethyl adjacent to an activating group) is 1. The highest BCUT2D eigenvalue weighted by atomic mass is 32.1. The van der Waals surface area contributed by atoms with Crippen LogP contribution in [0, 0.1) is 0 Å². The van der Waals surface area contributed by atoms with E-state index in [1.807, 2.05) is 43.7 Å². The molecular formula is C23H30N4O3S. The van der Waals surface area contributed by atoms with Gasteiger partial charge in [-0.05, 0) is 38.7 Å². The van der Waals surface area contributed by atoms with Crippen molar-refractivity contribution < 1.29 is 9.84 Å². The first-order valence-electron chi connectivity index (χ1n) is 10.1. The molecule has 31 heavy (non-hydrogen) atoms. The number of hydrogen-bond acceptors (Lipinski definition) is 7. The third kappa shape index (κ3) is 5.80. The number of H-pyrrole nitrogens is 1. The Morgan fingerprint density at radius 1 is 1.35 bits per heavy atom. The summed E-state index contributed by atoms with van der Waals surface area (Å²) in [6, 6.07) is 7.65. The van der Waals surface area contributed by atoms with E-state index in [-0.39, 0.29) is 5.56 Å². The molecule has 0 saturated heterocycles. The third-order valence-corrected chi connectivity index (χ3v) is 5.97. The van der Waals surface area contributed by atoms with Gasteiger partial charge in [-0.15, -0.1) is 17.9 Å². The number of hydrogen-bond donors (Lipinski definition) is 2. The van der Waals surface area contributed by atoms with Gasteiger partial charge >= 0.3 is 0 Å². The normalized spacial score (nSPS) is 13.6. The number of aromatic nitrogens is 2. The maximum Gasteiger partial charge on any atom is 0.260 e. The number of nitrogens with one attached hydrogen (secondary N) is 1. The number of thiophene rings is 1. The van der Waals surface area contributed by atoms with Crippen LogP contribution in [0.15, 0.2) is 47.1 Å². The maximum absolute atomic E-state index is 13.0. The number of benzene rings is 1. The summed E-state index contributed by atoms with van der Waals surface area (Å²) in [7, 11) is 5.63. The number of methoxy groups -OCH3 is 1. The van der Waals surface area contributed by atoms with Crippen LogP contribution >= 0.6 is 11.3 Å². The monoisotopic (exact) mass is 442 g/mol. The average Bonchev–Trinajstić information content (AvgIpc) is 3.16. The molecular weight excluding hydrogens is 412 g/mol.